The zero-order chi connectivity index (χ0) is 28.3. The van der Waals surface area contributed by atoms with Crippen molar-refractivity contribution in [2.24, 2.45) is 45.3 Å². The van der Waals surface area contributed by atoms with Crippen LogP contribution in [0.1, 0.15) is 120 Å². The van der Waals surface area contributed by atoms with Crippen LogP contribution in [-0.4, -0.2) is 25.2 Å². The Kier molecular flexibility index (Phi) is 7.82. The molecule has 0 aromatic heterocycles. The molecular weight excluding hydrogens is 472 g/mol. The average Bonchev–Trinajstić information content (AvgIpc) is 3.14. The number of ether oxygens (including phenoxy) is 2. The van der Waals surface area contributed by atoms with E-state index in [1.54, 1.807) is 18.1 Å². The second-order valence-corrected chi connectivity index (χ2v) is 14.7. The molecule has 4 aliphatic rings. The van der Waals surface area contributed by atoms with E-state index in [2.05, 4.69) is 48.1 Å². The number of hydrogen-bond acceptors (Lipinski definition) is 4. The van der Waals surface area contributed by atoms with Gasteiger partial charge in [0.15, 0.2) is 0 Å². The number of allylic oxidation sites excluding steroid dienone is 2. The Morgan fingerprint density at radius 1 is 0.974 bits per heavy atom. The van der Waals surface area contributed by atoms with Crippen molar-refractivity contribution >= 4 is 11.9 Å². The van der Waals surface area contributed by atoms with Gasteiger partial charge >= 0.3 is 11.9 Å². The Hall–Kier alpha value is -1.58. The summed E-state index contributed by atoms with van der Waals surface area (Å²) >= 11 is 0. The maximum Gasteiger partial charge on any atom is 0.312 e. The molecule has 4 rings (SSSR count). The Morgan fingerprint density at radius 3 is 2.29 bits per heavy atom. The first-order valence-corrected chi connectivity index (χ1v) is 15.3. The van der Waals surface area contributed by atoms with Gasteiger partial charge in [-0.15, -0.1) is 0 Å². The highest BCUT2D eigenvalue weighted by atomic mass is 16.5. The van der Waals surface area contributed by atoms with E-state index in [0.717, 1.165) is 31.3 Å². The van der Waals surface area contributed by atoms with Gasteiger partial charge in [-0.2, -0.15) is 0 Å². The number of methoxy groups -OCH3 is 1. The van der Waals surface area contributed by atoms with Crippen molar-refractivity contribution in [3.63, 3.8) is 0 Å². The molecule has 0 saturated heterocycles. The summed E-state index contributed by atoms with van der Waals surface area (Å²) < 4.78 is 10.8. The Balaban J connectivity index is 1.55. The molecule has 0 heterocycles. The van der Waals surface area contributed by atoms with Gasteiger partial charge < -0.3 is 9.47 Å². The third kappa shape index (κ3) is 4.40. The lowest BCUT2D eigenvalue weighted by molar-refractivity contribution is -0.167. The summed E-state index contributed by atoms with van der Waals surface area (Å²) in [6.07, 6.45) is 11.6. The SMILES string of the molecule is C=C(CCC(C)C1CCC2(C)C3=C(CCC12C)C1(C)CCC(OC(C)=O)C(C)(C)C1CC3)C(C)C(=O)OC. The van der Waals surface area contributed by atoms with Crippen molar-refractivity contribution in [3.8, 4) is 0 Å². The summed E-state index contributed by atoms with van der Waals surface area (Å²) in [6.45, 7) is 22.6. The van der Waals surface area contributed by atoms with Crippen LogP contribution in [0.2, 0.25) is 0 Å². The normalized spacial score (nSPS) is 39.3. The smallest absolute Gasteiger partial charge is 0.312 e. The fourth-order valence-corrected chi connectivity index (χ4v) is 10.2. The van der Waals surface area contributed by atoms with Crippen LogP contribution < -0.4 is 0 Å². The van der Waals surface area contributed by atoms with E-state index in [1.807, 2.05) is 6.92 Å². The highest BCUT2D eigenvalue weighted by molar-refractivity contribution is 5.74. The minimum atomic E-state index is -0.227. The van der Waals surface area contributed by atoms with Crippen LogP contribution in [0.15, 0.2) is 23.3 Å². The number of fused-ring (bicyclic) bond motifs is 4. The van der Waals surface area contributed by atoms with E-state index in [4.69, 9.17) is 9.47 Å². The molecule has 0 spiro atoms. The number of carbonyl (C=O) groups excluding carboxylic acids is 2. The molecule has 0 aliphatic heterocycles. The van der Waals surface area contributed by atoms with Crippen LogP contribution in [0, 0.1) is 45.3 Å². The molecule has 2 saturated carbocycles. The van der Waals surface area contributed by atoms with Crippen LogP contribution >= 0.6 is 0 Å². The first-order valence-electron chi connectivity index (χ1n) is 15.3. The van der Waals surface area contributed by atoms with Gasteiger partial charge in [0.2, 0.25) is 0 Å². The van der Waals surface area contributed by atoms with Crippen molar-refractivity contribution in [2.45, 2.75) is 126 Å². The van der Waals surface area contributed by atoms with E-state index in [1.165, 1.54) is 45.6 Å². The summed E-state index contributed by atoms with van der Waals surface area (Å²) in [6, 6.07) is 0. The Bertz CT molecular complexity index is 1010. The lowest BCUT2D eigenvalue weighted by Gasteiger charge is -2.62. The van der Waals surface area contributed by atoms with E-state index in [-0.39, 0.29) is 40.2 Å². The van der Waals surface area contributed by atoms with Gasteiger partial charge in [-0.05, 0) is 105 Å². The van der Waals surface area contributed by atoms with Crippen LogP contribution in [0.3, 0.4) is 0 Å². The molecule has 4 aliphatic carbocycles. The number of rotatable bonds is 7. The fourth-order valence-electron chi connectivity index (χ4n) is 10.2. The summed E-state index contributed by atoms with van der Waals surface area (Å²) in [5.41, 5.74) is 5.36. The van der Waals surface area contributed by atoms with Gasteiger partial charge in [-0.3, -0.25) is 9.59 Å². The summed E-state index contributed by atoms with van der Waals surface area (Å²) in [5.74, 6) is 1.32. The zero-order valence-electron chi connectivity index (χ0n) is 25.8. The molecular formula is C34H54O4. The summed E-state index contributed by atoms with van der Waals surface area (Å²) in [7, 11) is 1.46. The third-order valence-electron chi connectivity index (χ3n) is 12.8. The highest BCUT2D eigenvalue weighted by Gasteiger charge is 2.63. The quantitative estimate of drug-likeness (QED) is 0.247. The molecule has 2 fully saturated rings. The predicted molar refractivity (Wildman–Crippen MR) is 153 cm³/mol. The molecule has 0 N–H and O–H groups in total. The third-order valence-corrected chi connectivity index (χ3v) is 12.8. The molecule has 0 aromatic carbocycles. The molecule has 4 nitrogen and oxygen atoms in total. The topological polar surface area (TPSA) is 52.6 Å². The maximum atomic E-state index is 12.0. The highest BCUT2D eigenvalue weighted by Crippen LogP contribution is 2.72. The second kappa shape index (κ2) is 10.1. The average molecular weight is 527 g/mol. The van der Waals surface area contributed by atoms with E-state index >= 15 is 0 Å². The van der Waals surface area contributed by atoms with Crippen molar-refractivity contribution in [1.82, 2.24) is 0 Å². The molecule has 8 unspecified atom stereocenters. The van der Waals surface area contributed by atoms with Crippen LogP contribution in [0.4, 0.5) is 0 Å². The molecule has 4 heteroatoms. The molecule has 0 amide bonds. The first-order chi connectivity index (χ1) is 17.6. The van der Waals surface area contributed by atoms with E-state index < -0.39 is 0 Å². The molecule has 0 bridgehead atoms. The molecule has 0 aromatic rings. The maximum absolute atomic E-state index is 12.0. The number of hydrogen-bond donors (Lipinski definition) is 0. The van der Waals surface area contributed by atoms with Gasteiger partial charge in [0.05, 0.1) is 13.0 Å². The number of esters is 2. The zero-order valence-corrected chi connectivity index (χ0v) is 25.8. The minimum Gasteiger partial charge on any atom is -0.469 e. The lowest BCUT2D eigenvalue weighted by atomic mass is 9.43. The van der Waals surface area contributed by atoms with E-state index in [0.29, 0.717) is 23.2 Å². The van der Waals surface area contributed by atoms with Crippen LogP contribution in [0.25, 0.3) is 0 Å². The van der Waals surface area contributed by atoms with Gasteiger partial charge in [0.1, 0.15) is 6.10 Å². The monoisotopic (exact) mass is 526 g/mol. The first kappa shape index (κ1) is 29.4. The standard InChI is InChI=1S/C34H54O4/c1-21(23(3)30(36)37-10)11-12-22(2)25-15-19-34(9)27-13-14-28-31(5,6)29(38-24(4)35)17-18-32(28,7)26(27)16-20-33(25,34)8/h22-23,25,28-29H,1,11-20H2,2-10H3. The predicted octanol–water partition coefficient (Wildman–Crippen LogP) is 8.45. The van der Waals surface area contributed by atoms with Crippen molar-refractivity contribution < 1.29 is 19.1 Å². The molecule has 8 atom stereocenters. The largest absolute Gasteiger partial charge is 0.469 e. The van der Waals surface area contributed by atoms with Crippen molar-refractivity contribution in [3.05, 3.63) is 23.3 Å². The summed E-state index contributed by atoms with van der Waals surface area (Å²) in [5, 5.41) is 0. The van der Waals surface area contributed by atoms with Crippen LogP contribution in [0.5, 0.6) is 0 Å². The molecule has 38 heavy (non-hydrogen) atoms. The lowest BCUT2D eigenvalue weighted by Crippen LogP contribution is -2.55. The second-order valence-electron chi connectivity index (χ2n) is 14.7. The van der Waals surface area contributed by atoms with Crippen molar-refractivity contribution in [1.29, 1.82) is 0 Å². The van der Waals surface area contributed by atoms with Crippen molar-refractivity contribution in [2.75, 3.05) is 7.11 Å². The minimum absolute atomic E-state index is 0.00465. The van der Waals surface area contributed by atoms with Gasteiger partial charge in [-0.1, -0.05) is 64.8 Å². The van der Waals surface area contributed by atoms with Gasteiger partial charge in [-0.25, -0.2) is 0 Å². The Labute approximate surface area is 232 Å². The van der Waals surface area contributed by atoms with Crippen LogP contribution in [-0.2, 0) is 19.1 Å². The van der Waals surface area contributed by atoms with Gasteiger partial charge in [0.25, 0.3) is 0 Å². The molecule has 0 radical (unpaired) electrons. The van der Waals surface area contributed by atoms with E-state index in [9.17, 15) is 9.59 Å². The number of carbonyl (C=O) groups is 2. The van der Waals surface area contributed by atoms with Gasteiger partial charge in [0, 0.05) is 12.3 Å². The molecule has 214 valence electrons. The Morgan fingerprint density at radius 2 is 1.66 bits per heavy atom. The summed E-state index contributed by atoms with van der Waals surface area (Å²) in [4.78, 5) is 23.9. The fraction of sp³-hybridized carbons (Fsp3) is 0.824.